The molecule has 5 heteroatoms. The Morgan fingerprint density at radius 1 is 1.29 bits per heavy atom. The van der Waals surface area contributed by atoms with E-state index in [1.807, 2.05) is 6.20 Å². The van der Waals surface area contributed by atoms with Gasteiger partial charge in [-0.25, -0.2) is 0 Å². The van der Waals surface area contributed by atoms with Crippen LogP contribution in [0.3, 0.4) is 0 Å². The topological polar surface area (TPSA) is 51.1 Å². The van der Waals surface area contributed by atoms with Crippen LogP contribution in [0.5, 0.6) is 0 Å². The molecule has 0 spiro atoms. The van der Waals surface area contributed by atoms with Gasteiger partial charge in [0.1, 0.15) is 6.54 Å². The highest BCUT2D eigenvalue weighted by atomic mass is 35.5. The summed E-state index contributed by atoms with van der Waals surface area (Å²) in [5.41, 5.74) is 2.47. The van der Waals surface area contributed by atoms with Gasteiger partial charge in [0.25, 0.3) is 0 Å². The molecule has 2 aromatic rings. The molecule has 0 fully saturated rings. The number of aryl methyl sites for hydroxylation is 1. The molecule has 0 aliphatic heterocycles. The minimum absolute atomic E-state index is 0.142. The van der Waals surface area contributed by atoms with Gasteiger partial charge in [0.05, 0.1) is 0 Å². The molecule has 108 valence electrons. The molecule has 1 aliphatic rings. The van der Waals surface area contributed by atoms with E-state index in [9.17, 15) is 9.59 Å². The molecular weight excluding hydrogens is 288 g/mol. The van der Waals surface area contributed by atoms with Crippen molar-refractivity contribution >= 4 is 29.0 Å². The van der Waals surface area contributed by atoms with Gasteiger partial charge in [-0.3, -0.25) is 9.59 Å². The predicted octanol–water partition coefficient (Wildman–Crippen LogP) is 3.30. The van der Waals surface area contributed by atoms with Crippen LogP contribution in [-0.4, -0.2) is 16.3 Å². The van der Waals surface area contributed by atoms with Crippen molar-refractivity contribution in [2.24, 2.45) is 0 Å². The SMILES string of the molecule is O=C(Cn1cc2c(c1)C(=O)CCC2)Nc1cccc(Cl)c1. The lowest BCUT2D eigenvalue weighted by molar-refractivity contribution is -0.116. The Labute approximate surface area is 127 Å². The minimum atomic E-state index is -0.142. The van der Waals surface area contributed by atoms with Crippen LogP contribution in [0.25, 0.3) is 0 Å². The number of halogens is 1. The third-order valence-corrected chi connectivity index (χ3v) is 3.78. The van der Waals surface area contributed by atoms with Crippen molar-refractivity contribution in [2.45, 2.75) is 25.8 Å². The number of nitrogens with one attached hydrogen (secondary N) is 1. The average molecular weight is 303 g/mol. The summed E-state index contributed by atoms with van der Waals surface area (Å²) < 4.78 is 1.77. The highest BCUT2D eigenvalue weighted by Gasteiger charge is 2.19. The molecule has 0 bridgehead atoms. The van der Waals surface area contributed by atoms with Crippen LogP contribution < -0.4 is 5.32 Å². The molecule has 1 aromatic carbocycles. The largest absolute Gasteiger partial charge is 0.344 e. The number of aromatic nitrogens is 1. The van der Waals surface area contributed by atoms with Crippen LogP contribution in [-0.2, 0) is 17.8 Å². The lowest BCUT2D eigenvalue weighted by Crippen LogP contribution is -2.17. The number of carbonyl (C=O) groups excluding carboxylic acids is 2. The van der Waals surface area contributed by atoms with Gasteiger partial charge in [-0.1, -0.05) is 17.7 Å². The molecule has 1 amide bonds. The summed E-state index contributed by atoms with van der Waals surface area (Å²) in [6.07, 6.45) is 6.07. The number of rotatable bonds is 3. The molecule has 1 aromatic heterocycles. The van der Waals surface area contributed by atoms with E-state index in [4.69, 9.17) is 11.6 Å². The van der Waals surface area contributed by atoms with Crippen molar-refractivity contribution in [3.63, 3.8) is 0 Å². The molecule has 0 radical (unpaired) electrons. The second-order valence-electron chi connectivity index (χ2n) is 5.20. The summed E-state index contributed by atoms with van der Waals surface area (Å²) in [6.45, 7) is 0.187. The number of nitrogens with zero attached hydrogens (tertiary/aromatic N) is 1. The van der Waals surface area contributed by atoms with Gasteiger partial charge in [-0.15, -0.1) is 0 Å². The van der Waals surface area contributed by atoms with Gasteiger partial charge in [0.15, 0.2) is 5.78 Å². The van der Waals surface area contributed by atoms with Crippen molar-refractivity contribution in [3.05, 3.63) is 52.8 Å². The summed E-state index contributed by atoms with van der Waals surface area (Å²) in [5.74, 6) is 0.0299. The molecule has 1 N–H and O–H groups in total. The standard InChI is InChI=1S/C16H15ClN2O2/c17-12-4-2-5-13(7-12)18-16(21)10-19-8-11-3-1-6-15(20)14(11)9-19/h2,4-5,7-9H,1,3,6,10H2,(H,18,21). The first-order valence-corrected chi connectivity index (χ1v) is 7.27. The number of anilines is 1. The molecule has 4 nitrogen and oxygen atoms in total. The Hall–Kier alpha value is -2.07. The van der Waals surface area contributed by atoms with Gasteiger partial charge in [0, 0.05) is 35.1 Å². The van der Waals surface area contributed by atoms with E-state index in [2.05, 4.69) is 5.32 Å². The zero-order valence-electron chi connectivity index (χ0n) is 11.4. The van der Waals surface area contributed by atoms with Crippen LogP contribution in [0.15, 0.2) is 36.7 Å². The third-order valence-electron chi connectivity index (χ3n) is 3.55. The van der Waals surface area contributed by atoms with Crippen LogP contribution in [0.1, 0.15) is 28.8 Å². The predicted molar refractivity (Wildman–Crippen MR) is 81.8 cm³/mol. The number of benzene rings is 1. The normalized spacial score (nSPS) is 13.9. The number of Topliss-reactive ketones (excluding diaryl/α,β-unsaturated/α-hetero) is 1. The van der Waals surface area contributed by atoms with Crippen molar-refractivity contribution in [1.82, 2.24) is 4.57 Å². The van der Waals surface area contributed by atoms with Crippen molar-refractivity contribution < 1.29 is 9.59 Å². The van der Waals surface area contributed by atoms with E-state index in [-0.39, 0.29) is 18.2 Å². The van der Waals surface area contributed by atoms with E-state index in [0.29, 0.717) is 17.1 Å². The third kappa shape index (κ3) is 3.16. The molecule has 1 heterocycles. The highest BCUT2D eigenvalue weighted by Crippen LogP contribution is 2.22. The Kier molecular flexibility index (Phi) is 3.80. The van der Waals surface area contributed by atoms with Gasteiger partial charge < -0.3 is 9.88 Å². The number of fused-ring (bicyclic) bond motifs is 1. The van der Waals surface area contributed by atoms with Crippen LogP contribution >= 0.6 is 11.6 Å². The lowest BCUT2D eigenvalue weighted by Gasteiger charge is -2.07. The van der Waals surface area contributed by atoms with E-state index < -0.39 is 0 Å². The summed E-state index contributed by atoms with van der Waals surface area (Å²) in [7, 11) is 0. The fraction of sp³-hybridized carbons (Fsp3) is 0.250. The maximum atomic E-state index is 12.0. The zero-order valence-corrected chi connectivity index (χ0v) is 12.2. The molecule has 0 saturated heterocycles. The summed E-state index contributed by atoms with van der Waals surface area (Å²) >= 11 is 5.88. The van der Waals surface area contributed by atoms with Crippen LogP contribution in [0.2, 0.25) is 5.02 Å². The second-order valence-corrected chi connectivity index (χ2v) is 5.64. The number of hydrogen-bond acceptors (Lipinski definition) is 2. The van der Waals surface area contributed by atoms with Crippen molar-refractivity contribution in [2.75, 3.05) is 5.32 Å². The number of amides is 1. The Balaban J connectivity index is 1.69. The van der Waals surface area contributed by atoms with Gasteiger partial charge in [-0.05, 0) is 36.6 Å². The van der Waals surface area contributed by atoms with E-state index in [1.165, 1.54) is 0 Å². The summed E-state index contributed by atoms with van der Waals surface area (Å²) in [5, 5.41) is 3.37. The van der Waals surface area contributed by atoms with E-state index >= 15 is 0 Å². The van der Waals surface area contributed by atoms with E-state index in [0.717, 1.165) is 24.0 Å². The molecule has 0 unspecified atom stereocenters. The van der Waals surface area contributed by atoms with Crippen molar-refractivity contribution in [1.29, 1.82) is 0 Å². The smallest absolute Gasteiger partial charge is 0.244 e. The molecule has 0 saturated carbocycles. The first-order chi connectivity index (χ1) is 10.1. The fourth-order valence-corrected chi connectivity index (χ4v) is 2.79. The first kappa shape index (κ1) is 13.9. The van der Waals surface area contributed by atoms with Crippen LogP contribution in [0, 0.1) is 0 Å². The maximum absolute atomic E-state index is 12.0. The molecule has 21 heavy (non-hydrogen) atoms. The maximum Gasteiger partial charge on any atom is 0.244 e. The second kappa shape index (κ2) is 5.74. The minimum Gasteiger partial charge on any atom is -0.344 e. The molecular formula is C16H15ClN2O2. The van der Waals surface area contributed by atoms with Gasteiger partial charge >= 0.3 is 0 Å². The summed E-state index contributed by atoms with van der Waals surface area (Å²) in [4.78, 5) is 23.8. The van der Waals surface area contributed by atoms with Crippen molar-refractivity contribution in [3.8, 4) is 0 Å². The van der Waals surface area contributed by atoms with Crippen LogP contribution in [0.4, 0.5) is 5.69 Å². The quantitative estimate of drug-likeness (QED) is 0.946. The monoisotopic (exact) mass is 302 g/mol. The molecule has 0 atom stereocenters. The van der Waals surface area contributed by atoms with Gasteiger partial charge in [-0.2, -0.15) is 0 Å². The first-order valence-electron chi connectivity index (χ1n) is 6.89. The highest BCUT2D eigenvalue weighted by molar-refractivity contribution is 6.30. The number of carbonyl (C=O) groups is 2. The average Bonchev–Trinajstić information content (AvgIpc) is 2.82. The zero-order chi connectivity index (χ0) is 14.8. The van der Waals surface area contributed by atoms with Gasteiger partial charge in [0.2, 0.25) is 5.91 Å². The summed E-state index contributed by atoms with van der Waals surface area (Å²) in [6, 6.07) is 7.02. The molecule has 3 rings (SSSR count). The number of ketones is 1. The Morgan fingerprint density at radius 3 is 2.90 bits per heavy atom. The number of hydrogen-bond donors (Lipinski definition) is 1. The lowest BCUT2D eigenvalue weighted by atomic mass is 9.95. The fourth-order valence-electron chi connectivity index (χ4n) is 2.60. The molecule has 1 aliphatic carbocycles. The Morgan fingerprint density at radius 2 is 2.14 bits per heavy atom. The van der Waals surface area contributed by atoms with E-state index in [1.54, 1.807) is 35.0 Å². The Bertz CT molecular complexity index is 706.